The number of likely N-dealkylation sites (tertiary alicyclic amines) is 2. The Hall–Kier alpha value is -1.69. The minimum atomic E-state index is 0.316. The Labute approximate surface area is 151 Å². The van der Waals surface area contributed by atoms with Gasteiger partial charge in [0, 0.05) is 64.0 Å². The lowest BCUT2D eigenvalue weighted by Gasteiger charge is -2.39. The fourth-order valence-electron chi connectivity index (χ4n) is 4.05. The summed E-state index contributed by atoms with van der Waals surface area (Å²) in [5.74, 6) is 1.33. The Morgan fingerprint density at radius 2 is 1.96 bits per heavy atom. The van der Waals surface area contributed by atoms with Crippen molar-refractivity contribution in [2.75, 3.05) is 38.6 Å². The smallest absolute Gasteiger partial charge is 0.222 e. The van der Waals surface area contributed by atoms with Gasteiger partial charge < -0.3 is 14.7 Å². The van der Waals surface area contributed by atoms with E-state index in [9.17, 15) is 4.79 Å². The van der Waals surface area contributed by atoms with E-state index in [0.29, 0.717) is 18.0 Å². The summed E-state index contributed by atoms with van der Waals surface area (Å²) in [6, 6.07) is 2.96. The molecule has 0 saturated carbocycles. The SMILES string of the molecule is Cc1cc(N(C)C2CCN(CC3CCCCC(=O)N3C)CC2)ncn1. The van der Waals surface area contributed by atoms with Crippen molar-refractivity contribution in [3.05, 3.63) is 18.1 Å². The number of carbonyl (C=O) groups is 1. The van der Waals surface area contributed by atoms with Crippen molar-refractivity contribution in [3.63, 3.8) is 0 Å². The van der Waals surface area contributed by atoms with Crippen LogP contribution in [0.15, 0.2) is 12.4 Å². The van der Waals surface area contributed by atoms with Gasteiger partial charge in [-0.25, -0.2) is 9.97 Å². The highest BCUT2D eigenvalue weighted by atomic mass is 16.2. The second kappa shape index (κ2) is 8.13. The highest BCUT2D eigenvalue weighted by molar-refractivity contribution is 5.76. The topological polar surface area (TPSA) is 52.6 Å². The molecule has 2 aliphatic rings. The fourth-order valence-corrected chi connectivity index (χ4v) is 4.05. The average molecular weight is 345 g/mol. The number of carbonyl (C=O) groups excluding carboxylic acids is 1. The van der Waals surface area contributed by atoms with Gasteiger partial charge in [-0.2, -0.15) is 0 Å². The van der Waals surface area contributed by atoms with Crippen molar-refractivity contribution >= 4 is 11.7 Å². The lowest BCUT2D eigenvalue weighted by molar-refractivity contribution is -0.131. The summed E-state index contributed by atoms with van der Waals surface area (Å²) in [5, 5.41) is 0. The maximum absolute atomic E-state index is 12.1. The summed E-state index contributed by atoms with van der Waals surface area (Å²) in [7, 11) is 4.12. The molecule has 0 bridgehead atoms. The molecule has 2 saturated heterocycles. The van der Waals surface area contributed by atoms with Crippen LogP contribution in [-0.2, 0) is 4.79 Å². The van der Waals surface area contributed by atoms with Crippen LogP contribution >= 0.6 is 0 Å². The fraction of sp³-hybridized carbons (Fsp3) is 0.737. The molecule has 2 fully saturated rings. The van der Waals surface area contributed by atoms with E-state index in [2.05, 4.69) is 32.9 Å². The van der Waals surface area contributed by atoms with E-state index in [-0.39, 0.29) is 0 Å². The van der Waals surface area contributed by atoms with Crippen LogP contribution in [0.1, 0.15) is 44.2 Å². The van der Waals surface area contributed by atoms with Crippen LogP contribution in [-0.4, -0.2) is 71.5 Å². The molecule has 1 aromatic heterocycles. The zero-order chi connectivity index (χ0) is 17.8. The van der Waals surface area contributed by atoms with Crippen LogP contribution in [0, 0.1) is 6.92 Å². The van der Waals surface area contributed by atoms with E-state index in [1.165, 1.54) is 6.42 Å². The molecule has 0 radical (unpaired) electrons. The third-order valence-electron chi connectivity index (χ3n) is 5.84. The quantitative estimate of drug-likeness (QED) is 0.836. The molecule has 6 nitrogen and oxygen atoms in total. The van der Waals surface area contributed by atoms with Crippen LogP contribution in [0.3, 0.4) is 0 Å². The maximum Gasteiger partial charge on any atom is 0.222 e. The normalized spacial score (nSPS) is 23.6. The predicted octanol–water partition coefficient (Wildman–Crippen LogP) is 2.09. The van der Waals surface area contributed by atoms with Gasteiger partial charge in [-0.15, -0.1) is 0 Å². The summed E-state index contributed by atoms with van der Waals surface area (Å²) < 4.78 is 0. The van der Waals surface area contributed by atoms with Gasteiger partial charge >= 0.3 is 0 Å². The summed E-state index contributed by atoms with van der Waals surface area (Å²) in [5.41, 5.74) is 1.01. The molecule has 1 amide bonds. The van der Waals surface area contributed by atoms with Crippen molar-refractivity contribution in [1.82, 2.24) is 19.8 Å². The lowest BCUT2D eigenvalue weighted by atomic mass is 10.0. The number of aromatic nitrogens is 2. The predicted molar refractivity (Wildman–Crippen MR) is 99.7 cm³/mol. The van der Waals surface area contributed by atoms with Gasteiger partial charge in [0.05, 0.1) is 0 Å². The van der Waals surface area contributed by atoms with E-state index in [0.717, 1.165) is 63.3 Å². The Morgan fingerprint density at radius 3 is 2.68 bits per heavy atom. The zero-order valence-electron chi connectivity index (χ0n) is 15.8. The van der Waals surface area contributed by atoms with E-state index in [4.69, 9.17) is 0 Å². The molecule has 3 heterocycles. The van der Waals surface area contributed by atoms with E-state index < -0.39 is 0 Å². The van der Waals surface area contributed by atoms with Crippen molar-refractivity contribution in [1.29, 1.82) is 0 Å². The van der Waals surface area contributed by atoms with E-state index in [1.54, 1.807) is 6.33 Å². The van der Waals surface area contributed by atoms with Crippen molar-refractivity contribution in [2.45, 2.75) is 57.5 Å². The van der Waals surface area contributed by atoms with E-state index in [1.807, 2.05) is 18.9 Å². The standard InChI is InChI=1S/C19H31N5O/c1-15-12-18(21-14-20-15)22(2)16-8-10-24(11-9-16)13-17-6-4-5-7-19(25)23(17)3/h12,14,16-17H,4-11,13H2,1-3H3. The van der Waals surface area contributed by atoms with Gasteiger partial charge in [-0.05, 0) is 32.6 Å². The molecule has 2 aliphatic heterocycles. The van der Waals surface area contributed by atoms with Gasteiger partial charge in [0.2, 0.25) is 5.91 Å². The first-order valence-corrected chi connectivity index (χ1v) is 9.54. The zero-order valence-corrected chi connectivity index (χ0v) is 15.8. The van der Waals surface area contributed by atoms with Crippen molar-refractivity contribution in [2.24, 2.45) is 0 Å². The van der Waals surface area contributed by atoms with Gasteiger partial charge in [-0.3, -0.25) is 4.79 Å². The number of aryl methyl sites for hydroxylation is 1. The molecule has 1 aromatic rings. The molecule has 0 aliphatic carbocycles. The minimum absolute atomic E-state index is 0.316. The van der Waals surface area contributed by atoms with Gasteiger partial charge in [0.25, 0.3) is 0 Å². The highest BCUT2D eigenvalue weighted by Crippen LogP contribution is 2.23. The first-order chi connectivity index (χ1) is 12.0. The number of amides is 1. The molecule has 0 aromatic carbocycles. The van der Waals surface area contributed by atoms with Crippen LogP contribution < -0.4 is 4.90 Å². The molecule has 6 heteroatoms. The number of piperidine rings is 1. The van der Waals surface area contributed by atoms with Crippen molar-refractivity contribution < 1.29 is 4.79 Å². The second-order valence-corrected chi connectivity index (χ2v) is 7.56. The Balaban J connectivity index is 1.52. The minimum Gasteiger partial charge on any atom is -0.356 e. The third kappa shape index (κ3) is 4.48. The third-order valence-corrected chi connectivity index (χ3v) is 5.84. The van der Waals surface area contributed by atoms with Gasteiger partial charge in [0.1, 0.15) is 12.1 Å². The number of hydrogen-bond acceptors (Lipinski definition) is 5. The number of hydrogen-bond donors (Lipinski definition) is 0. The van der Waals surface area contributed by atoms with Crippen molar-refractivity contribution in [3.8, 4) is 0 Å². The summed E-state index contributed by atoms with van der Waals surface area (Å²) in [4.78, 5) is 27.5. The van der Waals surface area contributed by atoms with Gasteiger partial charge in [0.15, 0.2) is 0 Å². The van der Waals surface area contributed by atoms with Crippen LogP contribution in [0.25, 0.3) is 0 Å². The molecule has 0 N–H and O–H groups in total. The summed E-state index contributed by atoms with van der Waals surface area (Å²) in [6.07, 6.45) is 8.02. The number of likely N-dealkylation sites (N-methyl/N-ethyl adjacent to an activating group) is 1. The number of anilines is 1. The first kappa shape index (κ1) is 18.1. The highest BCUT2D eigenvalue weighted by Gasteiger charge is 2.28. The summed E-state index contributed by atoms with van der Waals surface area (Å²) >= 11 is 0. The maximum atomic E-state index is 12.1. The lowest BCUT2D eigenvalue weighted by Crippen LogP contribution is -2.49. The Kier molecular flexibility index (Phi) is 5.89. The first-order valence-electron chi connectivity index (χ1n) is 9.54. The van der Waals surface area contributed by atoms with Gasteiger partial charge in [-0.1, -0.05) is 6.42 Å². The second-order valence-electron chi connectivity index (χ2n) is 7.56. The Morgan fingerprint density at radius 1 is 1.20 bits per heavy atom. The molecule has 25 heavy (non-hydrogen) atoms. The molecule has 1 unspecified atom stereocenters. The average Bonchev–Trinajstić information content (AvgIpc) is 2.77. The largest absolute Gasteiger partial charge is 0.356 e. The molecule has 0 spiro atoms. The van der Waals surface area contributed by atoms with Crippen LogP contribution in [0.5, 0.6) is 0 Å². The van der Waals surface area contributed by atoms with Crippen LogP contribution in [0.2, 0.25) is 0 Å². The van der Waals surface area contributed by atoms with E-state index >= 15 is 0 Å². The molecular formula is C19H31N5O. The summed E-state index contributed by atoms with van der Waals surface area (Å²) in [6.45, 7) is 5.21. The molecule has 138 valence electrons. The monoisotopic (exact) mass is 345 g/mol. The molecule has 3 rings (SSSR count). The number of rotatable bonds is 4. The number of nitrogens with zero attached hydrogens (tertiary/aromatic N) is 5. The molecular weight excluding hydrogens is 314 g/mol. The van der Waals surface area contributed by atoms with Crippen LogP contribution in [0.4, 0.5) is 5.82 Å². The Bertz CT molecular complexity index is 585. The molecule has 1 atom stereocenters.